The molecule has 1 unspecified atom stereocenters. The molecule has 2 aliphatic rings. The fourth-order valence-corrected chi connectivity index (χ4v) is 3.19. The molecule has 1 heterocycles. The number of benzene rings is 1. The van der Waals surface area contributed by atoms with Crippen LogP contribution in [0.3, 0.4) is 0 Å². The molecule has 1 fully saturated rings. The Kier molecular flexibility index (Phi) is 4.41. The van der Waals surface area contributed by atoms with E-state index in [4.69, 9.17) is 9.57 Å². The van der Waals surface area contributed by atoms with Crippen LogP contribution in [0.15, 0.2) is 22.7 Å². The summed E-state index contributed by atoms with van der Waals surface area (Å²) in [6.45, 7) is 0.783. The first-order valence-electron chi connectivity index (χ1n) is 7.16. The Bertz CT molecular complexity index is 432. The van der Waals surface area contributed by atoms with E-state index >= 15 is 0 Å². The molecule has 1 saturated carbocycles. The minimum absolute atomic E-state index is 0.242. The van der Waals surface area contributed by atoms with Crippen LogP contribution in [-0.4, -0.2) is 12.7 Å². The first-order chi connectivity index (χ1) is 9.33. The van der Waals surface area contributed by atoms with Crippen molar-refractivity contribution in [3.8, 4) is 5.75 Å². The molecule has 1 aromatic rings. The van der Waals surface area contributed by atoms with Gasteiger partial charge in [-0.15, -0.1) is 0 Å². The van der Waals surface area contributed by atoms with E-state index in [-0.39, 0.29) is 6.04 Å². The average molecular weight is 326 g/mol. The summed E-state index contributed by atoms with van der Waals surface area (Å²) in [7, 11) is 0. The summed E-state index contributed by atoms with van der Waals surface area (Å²) < 4.78 is 6.86. The third kappa shape index (κ3) is 3.30. The van der Waals surface area contributed by atoms with Gasteiger partial charge in [0.05, 0.1) is 18.8 Å². The van der Waals surface area contributed by atoms with Crippen LogP contribution in [0.2, 0.25) is 0 Å². The summed E-state index contributed by atoms with van der Waals surface area (Å²) >= 11 is 3.50. The van der Waals surface area contributed by atoms with Crippen LogP contribution >= 0.6 is 15.9 Å². The van der Waals surface area contributed by atoms with E-state index in [0.717, 1.165) is 29.7 Å². The van der Waals surface area contributed by atoms with E-state index in [1.807, 2.05) is 6.07 Å². The van der Waals surface area contributed by atoms with Crippen LogP contribution in [0.25, 0.3) is 0 Å². The highest BCUT2D eigenvalue weighted by atomic mass is 79.9. The Labute approximate surface area is 122 Å². The predicted molar refractivity (Wildman–Crippen MR) is 78.1 cm³/mol. The van der Waals surface area contributed by atoms with Crippen LogP contribution in [0, 0.1) is 0 Å². The smallest absolute Gasteiger partial charge is 0.125 e. The molecule has 0 aromatic heterocycles. The number of rotatable bonds is 3. The minimum Gasteiger partial charge on any atom is -0.493 e. The van der Waals surface area contributed by atoms with Gasteiger partial charge in [0, 0.05) is 10.0 Å². The zero-order valence-corrected chi connectivity index (χ0v) is 12.6. The Morgan fingerprint density at radius 1 is 1.16 bits per heavy atom. The quantitative estimate of drug-likeness (QED) is 0.848. The second kappa shape index (κ2) is 6.25. The van der Waals surface area contributed by atoms with E-state index in [2.05, 4.69) is 33.5 Å². The number of hydrogen-bond donors (Lipinski definition) is 1. The lowest BCUT2D eigenvalue weighted by atomic mass is 10.0. The molecular weight excluding hydrogens is 306 g/mol. The van der Waals surface area contributed by atoms with Crippen LogP contribution in [0.4, 0.5) is 0 Å². The van der Waals surface area contributed by atoms with Crippen LogP contribution in [0.1, 0.15) is 50.1 Å². The predicted octanol–water partition coefficient (Wildman–Crippen LogP) is 4.13. The number of nitrogens with one attached hydrogen (secondary N) is 1. The molecule has 0 saturated heterocycles. The Hall–Kier alpha value is -0.580. The third-order valence-electron chi connectivity index (χ3n) is 3.92. The summed E-state index contributed by atoms with van der Waals surface area (Å²) in [6.07, 6.45) is 7.46. The minimum atomic E-state index is 0.242. The van der Waals surface area contributed by atoms with Crippen molar-refractivity contribution in [3.63, 3.8) is 0 Å². The molecule has 0 bridgehead atoms. The van der Waals surface area contributed by atoms with Crippen molar-refractivity contribution < 1.29 is 9.57 Å². The van der Waals surface area contributed by atoms with Gasteiger partial charge in [0.15, 0.2) is 0 Å². The summed E-state index contributed by atoms with van der Waals surface area (Å²) in [6, 6.07) is 6.48. The molecule has 4 heteroatoms. The molecule has 104 valence electrons. The van der Waals surface area contributed by atoms with Crippen molar-refractivity contribution in [1.29, 1.82) is 0 Å². The summed E-state index contributed by atoms with van der Waals surface area (Å²) in [5.41, 5.74) is 4.49. The van der Waals surface area contributed by atoms with E-state index in [1.54, 1.807) is 0 Å². The third-order valence-corrected chi connectivity index (χ3v) is 4.42. The van der Waals surface area contributed by atoms with E-state index in [0.29, 0.717) is 6.10 Å². The standard InChI is InChI=1S/C15H20BrNO2/c16-11-7-8-13-14(6-3-9-18-15(13)10-11)17-19-12-4-1-2-5-12/h7-8,10,12,14,17H,1-6,9H2. The molecule has 3 rings (SSSR count). The number of halogens is 1. The van der Waals surface area contributed by atoms with E-state index in [1.165, 1.54) is 31.2 Å². The Morgan fingerprint density at radius 2 is 2.00 bits per heavy atom. The van der Waals surface area contributed by atoms with E-state index < -0.39 is 0 Å². The van der Waals surface area contributed by atoms with Gasteiger partial charge in [0.25, 0.3) is 0 Å². The van der Waals surface area contributed by atoms with Gasteiger partial charge >= 0.3 is 0 Å². The molecule has 3 nitrogen and oxygen atoms in total. The zero-order valence-electron chi connectivity index (χ0n) is 11.0. The molecule has 1 aliphatic carbocycles. The summed E-state index contributed by atoms with van der Waals surface area (Å²) in [4.78, 5) is 5.87. The molecule has 1 N–H and O–H groups in total. The normalized spacial score (nSPS) is 23.7. The number of ether oxygens (including phenoxy) is 1. The summed E-state index contributed by atoms with van der Waals surface area (Å²) in [5, 5.41) is 0. The van der Waals surface area contributed by atoms with Gasteiger partial charge in [0.2, 0.25) is 0 Å². The molecule has 0 spiro atoms. The fraction of sp³-hybridized carbons (Fsp3) is 0.600. The maximum absolute atomic E-state index is 5.87. The fourth-order valence-electron chi connectivity index (χ4n) is 2.85. The molecule has 1 atom stereocenters. The lowest BCUT2D eigenvalue weighted by Crippen LogP contribution is -2.26. The van der Waals surface area contributed by atoms with E-state index in [9.17, 15) is 0 Å². The van der Waals surface area contributed by atoms with Crippen molar-refractivity contribution in [2.75, 3.05) is 6.61 Å². The second-order valence-electron chi connectivity index (χ2n) is 5.37. The molecule has 1 aromatic carbocycles. The highest BCUT2D eigenvalue weighted by Crippen LogP contribution is 2.34. The monoisotopic (exact) mass is 325 g/mol. The maximum atomic E-state index is 5.87. The van der Waals surface area contributed by atoms with Crippen molar-refractivity contribution in [3.05, 3.63) is 28.2 Å². The zero-order chi connectivity index (χ0) is 13.1. The molecule has 0 amide bonds. The largest absolute Gasteiger partial charge is 0.493 e. The molecule has 19 heavy (non-hydrogen) atoms. The lowest BCUT2D eigenvalue weighted by molar-refractivity contribution is -0.0421. The summed E-state index contributed by atoms with van der Waals surface area (Å²) in [5.74, 6) is 0.972. The first kappa shape index (κ1) is 13.4. The van der Waals surface area contributed by atoms with Gasteiger partial charge in [-0.05, 0) is 37.8 Å². The first-order valence-corrected chi connectivity index (χ1v) is 7.95. The topological polar surface area (TPSA) is 30.5 Å². The number of fused-ring (bicyclic) bond motifs is 1. The molecule has 0 radical (unpaired) electrons. The van der Waals surface area contributed by atoms with Gasteiger partial charge in [0.1, 0.15) is 5.75 Å². The Morgan fingerprint density at radius 3 is 2.84 bits per heavy atom. The van der Waals surface area contributed by atoms with Gasteiger partial charge < -0.3 is 4.74 Å². The van der Waals surface area contributed by atoms with Gasteiger partial charge in [-0.2, -0.15) is 5.48 Å². The van der Waals surface area contributed by atoms with Crippen molar-refractivity contribution >= 4 is 15.9 Å². The maximum Gasteiger partial charge on any atom is 0.125 e. The molecule has 1 aliphatic heterocycles. The Balaban J connectivity index is 1.70. The molecular formula is C15H20BrNO2. The number of hydrogen-bond acceptors (Lipinski definition) is 3. The second-order valence-corrected chi connectivity index (χ2v) is 6.28. The lowest BCUT2D eigenvalue weighted by Gasteiger charge is -2.20. The van der Waals surface area contributed by atoms with Gasteiger partial charge in [-0.1, -0.05) is 34.8 Å². The van der Waals surface area contributed by atoms with Crippen molar-refractivity contribution in [1.82, 2.24) is 5.48 Å². The SMILES string of the molecule is Brc1ccc2c(c1)OCCCC2NOC1CCCC1. The number of hydroxylamine groups is 1. The highest BCUT2D eigenvalue weighted by molar-refractivity contribution is 9.10. The van der Waals surface area contributed by atoms with Crippen LogP contribution < -0.4 is 10.2 Å². The van der Waals surface area contributed by atoms with Crippen LogP contribution in [0.5, 0.6) is 5.75 Å². The van der Waals surface area contributed by atoms with Crippen LogP contribution in [-0.2, 0) is 4.84 Å². The van der Waals surface area contributed by atoms with Gasteiger partial charge in [-0.3, -0.25) is 4.84 Å². The van der Waals surface area contributed by atoms with Crippen molar-refractivity contribution in [2.24, 2.45) is 0 Å². The highest BCUT2D eigenvalue weighted by Gasteiger charge is 2.22. The van der Waals surface area contributed by atoms with Gasteiger partial charge in [-0.25, -0.2) is 0 Å². The average Bonchev–Trinajstić information content (AvgIpc) is 2.84. The van der Waals surface area contributed by atoms with Crippen molar-refractivity contribution in [2.45, 2.75) is 50.7 Å².